The maximum absolute atomic E-state index is 12.1. The molecule has 0 aliphatic carbocycles. The standard InChI is InChI=1S/C14H15ClF3NO2S/c1-8(21-7-14(16,17)18)13(20)19-11-4-5-22-12-3-2-9(15)6-10(11)12/h2-3,6,8,11H,4-5,7H2,1H3,(H,19,20)/t8-,11+/m1/s1. The first-order valence-corrected chi connectivity index (χ1v) is 8.03. The zero-order valence-corrected chi connectivity index (χ0v) is 13.3. The molecule has 1 aliphatic heterocycles. The van der Waals surface area contributed by atoms with Crippen molar-refractivity contribution in [3.63, 3.8) is 0 Å². The zero-order chi connectivity index (χ0) is 16.3. The Hall–Kier alpha value is -0.920. The molecule has 1 aliphatic rings. The van der Waals surface area contributed by atoms with Gasteiger partial charge < -0.3 is 10.1 Å². The van der Waals surface area contributed by atoms with Crippen LogP contribution in [0.1, 0.15) is 24.9 Å². The van der Waals surface area contributed by atoms with Gasteiger partial charge >= 0.3 is 6.18 Å². The van der Waals surface area contributed by atoms with Crippen LogP contribution in [0.4, 0.5) is 13.2 Å². The number of carbonyl (C=O) groups excluding carboxylic acids is 1. The highest BCUT2D eigenvalue weighted by Crippen LogP contribution is 2.37. The number of rotatable bonds is 4. The number of halogens is 4. The summed E-state index contributed by atoms with van der Waals surface area (Å²) < 4.78 is 40.9. The lowest BCUT2D eigenvalue weighted by atomic mass is 10.0. The molecule has 0 unspecified atom stereocenters. The summed E-state index contributed by atoms with van der Waals surface area (Å²) in [5, 5.41) is 3.29. The third-order valence-electron chi connectivity index (χ3n) is 3.19. The fraction of sp³-hybridized carbons (Fsp3) is 0.500. The number of nitrogens with one attached hydrogen (secondary N) is 1. The molecule has 122 valence electrons. The first-order chi connectivity index (χ1) is 10.3. The van der Waals surface area contributed by atoms with Gasteiger partial charge in [0.05, 0.1) is 6.04 Å². The Morgan fingerprint density at radius 1 is 1.55 bits per heavy atom. The van der Waals surface area contributed by atoms with Crippen molar-refractivity contribution in [2.24, 2.45) is 0 Å². The molecule has 0 aromatic heterocycles. The van der Waals surface area contributed by atoms with Crippen LogP contribution in [0.15, 0.2) is 23.1 Å². The number of hydrogen-bond donors (Lipinski definition) is 1. The largest absolute Gasteiger partial charge is 0.411 e. The number of thioether (sulfide) groups is 1. The van der Waals surface area contributed by atoms with Gasteiger partial charge in [0, 0.05) is 15.7 Å². The highest BCUT2D eigenvalue weighted by molar-refractivity contribution is 7.99. The topological polar surface area (TPSA) is 38.3 Å². The fourth-order valence-electron chi connectivity index (χ4n) is 2.10. The van der Waals surface area contributed by atoms with Crippen molar-refractivity contribution < 1.29 is 22.7 Å². The number of fused-ring (bicyclic) bond motifs is 1. The third-order valence-corrected chi connectivity index (χ3v) is 4.55. The van der Waals surface area contributed by atoms with Crippen LogP contribution >= 0.6 is 23.4 Å². The number of amides is 1. The molecule has 0 spiro atoms. The Morgan fingerprint density at radius 2 is 2.27 bits per heavy atom. The van der Waals surface area contributed by atoms with Crippen LogP contribution in [0.5, 0.6) is 0 Å². The van der Waals surface area contributed by atoms with Crippen molar-refractivity contribution in [1.29, 1.82) is 0 Å². The number of alkyl halides is 3. The monoisotopic (exact) mass is 353 g/mol. The fourth-order valence-corrected chi connectivity index (χ4v) is 3.39. The van der Waals surface area contributed by atoms with E-state index in [1.807, 2.05) is 6.07 Å². The maximum atomic E-state index is 12.1. The van der Waals surface area contributed by atoms with Crippen molar-refractivity contribution in [2.75, 3.05) is 12.4 Å². The van der Waals surface area contributed by atoms with Crippen LogP contribution in [0.25, 0.3) is 0 Å². The molecule has 1 aromatic rings. The molecule has 1 N–H and O–H groups in total. The van der Waals surface area contributed by atoms with Gasteiger partial charge in [0.25, 0.3) is 0 Å². The molecule has 3 nitrogen and oxygen atoms in total. The normalized spacial score (nSPS) is 19.4. The summed E-state index contributed by atoms with van der Waals surface area (Å²) in [6.07, 6.45) is -4.93. The molecule has 0 radical (unpaired) electrons. The molecule has 0 saturated carbocycles. The van der Waals surface area contributed by atoms with Gasteiger partial charge in [-0.2, -0.15) is 13.2 Å². The molecular formula is C14H15ClF3NO2S. The molecule has 1 amide bonds. The molecule has 0 fully saturated rings. The van der Waals surface area contributed by atoms with Gasteiger partial charge in [-0.15, -0.1) is 11.8 Å². The first-order valence-electron chi connectivity index (χ1n) is 6.67. The molecule has 1 aromatic carbocycles. The summed E-state index contributed by atoms with van der Waals surface area (Å²) in [6, 6.07) is 5.16. The Labute approximate surface area is 135 Å². The third kappa shape index (κ3) is 4.79. The van der Waals surface area contributed by atoms with Crippen molar-refractivity contribution in [3.8, 4) is 0 Å². The Balaban J connectivity index is 1.99. The predicted molar refractivity (Wildman–Crippen MR) is 79.1 cm³/mol. The van der Waals surface area contributed by atoms with Crippen molar-refractivity contribution >= 4 is 29.3 Å². The van der Waals surface area contributed by atoms with Crippen LogP contribution in [-0.2, 0) is 9.53 Å². The van der Waals surface area contributed by atoms with Gasteiger partial charge in [0.1, 0.15) is 12.7 Å². The van der Waals surface area contributed by atoms with E-state index in [4.69, 9.17) is 11.6 Å². The molecule has 0 bridgehead atoms. The summed E-state index contributed by atoms with van der Waals surface area (Å²) in [5.74, 6) is 0.254. The smallest absolute Gasteiger partial charge is 0.359 e. The Morgan fingerprint density at radius 3 is 2.95 bits per heavy atom. The van der Waals surface area contributed by atoms with Crippen LogP contribution in [-0.4, -0.2) is 30.5 Å². The van der Waals surface area contributed by atoms with E-state index in [2.05, 4.69) is 10.1 Å². The molecular weight excluding hydrogens is 339 g/mol. The van der Waals surface area contributed by atoms with Crippen LogP contribution in [0, 0.1) is 0 Å². The van der Waals surface area contributed by atoms with Crippen LogP contribution in [0.2, 0.25) is 5.02 Å². The number of hydrogen-bond acceptors (Lipinski definition) is 3. The molecule has 1 heterocycles. The number of ether oxygens (including phenoxy) is 1. The molecule has 8 heteroatoms. The van der Waals surface area contributed by atoms with Gasteiger partial charge in [-0.05, 0) is 37.1 Å². The lowest BCUT2D eigenvalue weighted by molar-refractivity contribution is -0.185. The Kier molecular flexibility index (Phi) is 5.63. The van der Waals surface area contributed by atoms with E-state index < -0.39 is 24.8 Å². The average Bonchev–Trinajstić information content (AvgIpc) is 2.44. The minimum Gasteiger partial charge on any atom is -0.359 e. The van der Waals surface area contributed by atoms with Crippen LogP contribution < -0.4 is 5.32 Å². The summed E-state index contributed by atoms with van der Waals surface area (Å²) in [7, 11) is 0. The average molecular weight is 354 g/mol. The second-order valence-corrected chi connectivity index (χ2v) is 6.52. The van der Waals surface area contributed by atoms with Crippen molar-refractivity contribution in [3.05, 3.63) is 28.8 Å². The van der Waals surface area contributed by atoms with Gasteiger partial charge in [-0.25, -0.2) is 0 Å². The van der Waals surface area contributed by atoms with E-state index in [0.29, 0.717) is 11.4 Å². The zero-order valence-electron chi connectivity index (χ0n) is 11.7. The van der Waals surface area contributed by atoms with Crippen LogP contribution in [0.3, 0.4) is 0 Å². The van der Waals surface area contributed by atoms with E-state index in [1.54, 1.807) is 23.9 Å². The van der Waals surface area contributed by atoms with E-state index in [0.717, 1.165) is 16.2 Å². The molecule has 22 heavy (non-hydrogen) atoms. The summed E-state index contributed by atoms with van der Waals surface area (Å²) in [6.45, 7) is -0.137. The first kappa shape index (κ1) is 17.4. The van der Waals surface area contributed by atoms with Crippen molar-refractivity contribution in [2.45, 2.75) is 36.6 Å². The number of carbonyl (C=O) groups is 1. The molecule has 2 atom stereocenters. The quantitative estimate of drug-likeness (QED) is 0.890. The lowest BCUT2D eigenvalue weighted by Crippen LogP contribution is -2.39. The minimum atomic E-state index is -4.45. The van der Waals surface area contributed by atoms with Crippen molar-refractivity contribution in [1.82, 2.24) is 5.32 Å². The molecule has 2 rings (SSSR count). The second-order valence-electron chi connectivity index (χ2n) is 4.95. The maximum Gasteiger partial charge on any atom is 0.411 e. The summed E-state index contributed by atoms with van der Waals surface area (Å²) in [5.41, 5.74) is 0.889. The van der Waals surface area contributed by atoms with Gasteiger partial charge in [-0.1, -0.05) is 11.6 Å². The predicted octanol–water partition coefficient (Wildman–Crippen LogP) is 3.96. The van der Waals surface area contributed by atoms with Gasteiger partial charge in [-0.3, -0.25) is 4.79 Å². The van der Waals surface area contributed by atoms with E-state index in [-0.39, 0.29) is 6.04 Å². The summed E-state index contributed by atoms with van der Waals surface area (Å²) in [4.78, 5) is 13.0. The highest BCUT2D eigenvalue weighted by atomic mass is 35.5. The highest BCUT2D eigenvalue weighted by Gasteiger charge is 2.31. The second kappa shape index (κ2) is 7.10. The SMILES string of the molecule is C[C@@H](OCC(F)(F)F)C(=O)N[C@H]1CCSc2ccc(Cl)cc21. The van der Waals surface area contributed by atoms with Gasteiger partial charge in [0.2, 0.25) is 5.91 Å². The van der Waals surface area contributed by atoms with E-state index in [9.17, 15) is 18.0 Å². The lowest BCUT2D eigenvalue weighted by Gasteiger charge is -2.27. The minimum absolute atomic E-state index is 0.264. The summed E-state index contributed by atoms with van der Waals surface area (Å²) >= 11 is 7.63. The number of benzene rings is 1. The molecule has 0 saturated heterocycles. The van der Waals surface area contributed by atoms with E-state index >= 15 is 0 Å². The van der Waals surface area contributed by atoms with Gasteiger partial charge in [0.15, 0.2) is 0 Å². The van der Waals surface area contributed by atoms with E-state index in [1.165, 1.54) is 6.92 Å². The Bertz CT molecular complexity index is 553.